The van der Waals surface area contributed by atoms with E-state index in [9.17, 15) is 29.4 Å². The Labute approximate surface area is 341 Å². The van der Waals surface area contributed by atoms with Gasteiger partial charge >= 0.3 is 12.1 Å². The first kappa shape index (κ1) is 43.2. The maximum Gasteiger partial charge on any atom is 0.410 e. The fourth-order valence-electron chi connectivity index (χ4n) is 7.39. The highest BCUT2D eigenvalue weighted by Crippen LogP contribution is 2.44. The lowest BCUT2D eigenvalue weighted by atomic mass is 9.95. The highest BCUT2D eigenvalue weighted by Gasteiger charge is 2.41. The molecule has 0 aromatic heterocycles. The van der Waals surface area contributed by atoms with Gasteiger partial charge in [0, 0.05) is 25.3 Å². The first-order chi connectivity index (χ1) is 27.6. The van der Waals surface area contributed by atoms with Crippen LogP contribution in [0.25, 0.3) is 11.1 Å². The molecule has 306 valence electrons. The van der Waals surface area contributed by atoms with Crippen molar-refractivity contribution in [1.29, 1.82) is 0 Å². The molecule has 0 bridgehead atoms. The van der Waals surface area contributed by atoms with Gasteiger partial charge < -0.3 is 30.3 Å². The van der Waals surface area contributed by atoms with Crippen LogP contribution >= 0.6 is 0 Å². The number of phenols is 1. The maximum atomic E-state index is 14.3. The van der Waals surface area contributed by atoms with E-state index in [0.29, 0.717) is 17.5 Å². The molecule has 1 aliphatic carbocycles. The quantitative estimate of drug-likeness (QED) is 0.0654. The van der Waals surface area contributed by atoms with Crippen LogP contribution in [0.2, 0.25) is 0 Å². The molecule has 11 heteroatoms. The molecule has 0 saturated carbocycles. The molecule has 0 radical (unpaired) electrons. The normalized spacial score (nSPS) is 15.3. The van der Waals surface area contributed by atoms with Crippen LogP contribution in [0.4, 0.5) is 4.79 Å². The van der Waals surface area contributed by atoms with Crippen molar-refractivity contribution in [1.82, 2.24) is 15.5 Å². The smallest absolute Gasteiger partial charge is 0.410 e. The molecule has 6 atom stereocenters. The van der Waals surface area contributed by atoms with Gasteiger partial charge in [-0.1, -0.05) is 124 Å². The van der Waals surface area contributed by atoms with Gasteiger partial charge in [0.15, 0.2) is 6.04 Å². The Morgan fingerprint density at radius 2 is 1.41 bits per heavy atom. The number of carbonyl (C=O) groups is 4. The van der Waals surface area contributed by atoms with Gasteiger partial charge in [-0.05, 0) is 65.3 Å². The lowest BCUT2D eigenvalue weighted by molar-refractivity contribution is -0.162. The second-order valence-electron chi connectivity index (χ2n) is 15.6. The maximum absolute atomic E-state index is 14.3. The minimum atomic E-state index is -1.79. The van der Waals surface area contributed by atoms with Crippen molar-refractivity contribution >= 4 is 23.9 Å². The number of fused-ring (bicyclic) bond motifs is 3. The average molecular weight is 790 g/mol. The first-order valence-corrected chi connectivity index (χ1v) is 19.7. The predicted octanol–water partition coefficient (Wildman–Crippen LogP) is 7.08. The number of rotatable bonds is 17. The summed E-state index contributed by atoms with van der Waals surface area (Å²) < 4.78 is 11.9. The molecule has 11 nitrogen and oxygen atoms in total. The van der Waals surface area contributed by atoms with Crippen LogP contribution in [0.3, 0.4) is 0 Å². The number of carbonyl (C=O) groups excluding carboxylic acids is 4. The van der Waals surface area contributed by atoms with E-state index in [-0.39, 0.29) is 36.5 Å². The third kappa shape index (κ3) is 10.1. The van der Waals surface area contributed by atoms with Crippen molar-refractivity contribution in [2.75, 3.05) is 13.7 Å². The van der Waals surface area contributed by atoms with Crippen LogP contribution in [0.5, 0.6) is 5.75 Å². The number of esters is 1. The predicted molar refractivity (Wildman–Crippen MR) is 223 cm³/mol. The number of aromatic hydroxyl groups is 1. The lowest BCUT2D eigenvalue weighted by Crippen LogP contribution is -2.61. The molecule has 4 aromatic carbocycles. The van der Waals surface area contributed by atoms with E-state index in [0.717, 1.165) is 22.3 Å². The number of phenolic OH excluding ortho intramolecular Hbond substituents is 1. The molecular weight excluding hydrogens is 735 g/mol. The van der Waals surface area contributed by atoms with Gasteiger partial charge in [-0.25, -0.2) is 9.59 Å². The van der Waals surface area contributed by atoms with Gasteiger partial charge in [-0.3, -0.25) is 14.5 Å². The van der Waals surface area contributed by atoms with Crippen LogP contribution in [0.1, 0.15) is 75.3 Å². The first-order valence-electron chi connectivity index (χ1n) is 19.7. The minimum absolute atomic E-state index is 0.0156. The fourth-order valence-corrected chi connectivity index (χ4v) is 7.39. The summed E-state index contributed by atoms with van der Waals surface area (Å²) in [5.74, 6) is -3.11. The summed E-state index contributed by atoms with van der Waals surface area (Å²) in [5.41, 5.74) is 3.79. The molecule has 0 saturated heterocycles. The number of likely N-dealkylation sites (N-methyl/N-ethyl adjacent to an activating group) is 1. The Hall–Kier alpha value is -5.94. The van der Waals surface area contributed by atoms with Crippen molar-refractivity contribution in [3.05, 3.63) is 138 Å². The van der Waals surface area contributed by atoms with Crippen molar-refractivity contribution < 1.29 is 38.9 Å². The zero-order valence-electron chi connectivity index (χ0n) is 34.1. The number of nitrogens with one attached hydrogen (secondary N) is 2. The van der Waals surface area contributed by atoms with Crippen molar-refractivity contribution in [2.24, 2.45) is 11.8 Å². The van der Waals surface area contributed by atoms with Crippen LogP contribution in [-0.4, -0.2) is 76.4 Å². The molecule has 0 heterocycles. The highest BCUT2D eigenvalue weighted by molar-refractivity contribution is 5.93. The summed E-state index contributed by atoms with van der Waals surface area (Å²) in [7, 11) is 1.50. The van der Waals surface area contributed by atoms with Crippen LogP contribution < -0.4 is 10.6 Å². The Bertz CT molecular complexity index is 2020. The minimum Gasteiger partial charge on any atom is -0.508 e. The molecule has 3 amide bonds. The Balaban J connectivity index is 1.36. The number of aliphatic hydroxyl groups is 1. The number of amides is 3. The summed E-state index contributed by atoms with van der Waals surface area (Å²) in [6, 6.07) is 27.4. The number of nitrogens with zero attached hydrogens (tertiary/aromatic N) is 1. The Kier molecular flexibility index (Phi) is 14.1. The molecule has 1 aliphatic rings. The van der Waals surface area contributed by atoms with E-state index in [1.54, 1.807) is 18.2 Å². The van der Waals surface area contributed by atoms with E-state index in [4.69, 9.17) is 9.47 Å². The molecule has 4 N–H and O–H groups in total. The number of hydrogen-bond acceptors (Lipinski definition) is 8. The van der Waals surface area contributed by atoms with Gasteiger partial charge in [-0.2, -0.15) is 0 Å². The van der Waals surface area contributed by atoms with Crippen molar-refractivity contribution in [3.63, 3.8) is 0 Å². The summed E-state index contributed by atoms with van der Waals surface area (Å²) >= 11 is 0. The molecular formula is C47H55N3O8. The summed E-state index contributed by atoms with van der Waals surface area (Å²) in [4.78, 5) is 57.5. The van der Waals surface area contributed by atoms with E-state index in [2.05, 4.69) is 17.2 Å². The second kappa shape index (κ2) is 19.0. The monoisotopic (exact) mass is 789 g/mol. The zero-order valence-corrected chi connectivity index (χ0v) is 34.1. The van der Waals surface area contributed by atoms with Crippen LogP contribution in [-0.2, 0) is 30.3 Å². The van der Waals surface area contributed by atoms with E-state index in [1.165, 1.54) is 37.9 Å². The topological polar surface area (TPSA) is 154 Å². The van der Waals surface area contributed by atoms with Crippen LogP contribution in [0, 0.1) is 11.8 Å². The standard InChI is InChI=1S/C47H55N3O8/c1-8-29(3)40(50(7)46(55)57-28-38-36-21-15-13-19-34(36)35-20-14-16-22-37(35)38)44(53)48-39(27-31-23-25-33(51)26-24-31)43(52)49-42(47(5,6)56)45(54)58-41(30(4)9-2)32-17-11-10-12-18-32/h9-26,29-30,38-42,51,56H,2,8,27-28H2,1,3-7H3,(H,48,53)(H,49,52)/t29-,30+,39?,40?,41-,42?/m0/s1. The molecule has 3 unspecified atom stereocenters. The van der Waals surface area contributed by atoms with E-state index >= 15 is 0 Å². The second-order valence-corrected chi connectivity index (χ2v) is 15.6. The lowest BCUT2D eigenvalue weighted by Gasteiger charge is -2.34. The molecule has 0 spiro atoms. The molecule has 0 fully saturated rings. The van der Waals surface area contributed by atoms with E-state index in [1.807, 2.05) is 99.6 Å². The summed E-state index contributed by atoms with van der Waals surface area (Å²) in [5, 5.41) is 26.6. The van der Waals surface area contributed by atoms with Crippen molar-refractivity contribution in [2.45, 2.75) is 83.2 Å². The zero-order chi connectivity index (χ0) is 42.1. The molecule has 0 aliphatic heterocycles. The van der Waals surface area contributed by atoms with Gasteiger partial charge in [-0.15, -0.1) is 6.58 Å². The van der Waals surface area contributed by atoms with Gasteiger partial charge in [0.2, 0.25) is 11.8 Å². The Morgan fingerprint density at radius 3 is 1.97 bits per heavy atom. The summed E-state index contributed by atoms with van der Waals surface area (Å²) in [6.45, 7) is 12.2. The third-order valence-electron chi connectivity index (χ3n) is 11.0. The third-order valence-corrected chi connectivity index (χ3v) is 11.0. The van der Waals surface area contributed by atoms with Crippen molar-refractivity contribution in [3.8, 4) is 16.9 Å². The number of ether oxygens (including phenoxy) is 2. The number of benzene rings is 4. The summed E-state index contributed by atoms with van der Waals surface area (Å²) in [6.07, 6.45) is 0.664. The Morgan fingerprint density at radius 1 is 0.845 bits per heavy atom. The van der Waals surface area contributed by atoms with Gasteiger partial charge in [0.1, 0.15) is 30.5 Å². The SMILES string of the molecule is C=C[C@@H](C)[C@H](OC(=O)C(NC(=O)C(Cc1ccc(O)cc1)NC(=O)C([C@@H](C)CC)N(C)C(=O)OCC1c2ccccc2-c2ccccc21)C(C)(C)O)c1ccccc1. The van der Waals surface area contributed by atoms with Gasteiger partial charge in [0.25, 0.3) is 0 Å². The molecule has 58 heavy (non-hydrogen) atoms. The molecule has 4 aromatic rings. The molecule has 5 rings (SSSR count). The number of hydrogen-bond donors (Lipinski definition) is 4. The van der Waals surface area contributed by atoms with Gasteiger partial charge in [0.05, 0.1) is 5.60 Å². The largest absolute Gasteiger partial charge is 0.508 e. The average Bonchev–Trinajstić information content (AvgIpc) is 3.54. The van der Waals surface area contributed by atoms with E-state index < -0.39 is 53.7 Å². The highest BCUT2D eigenvalue weighted by atomic mass is 16.6. The fraction of sp³-hybridized carbons (Fsp3) is 0.362. The van der Waals surface area contributed by atoms with Crippen LogP contribution in [0.15, 0.2) is 116 Å².